The molecule has 210 valence electrons. The molecular formula is C33H39N3O4. The van der Waals surface area contributed by atoms with E-state index in [2.05, 4.69) is 10.6 Å². The average Bonchev–Trinajstić information content (AvgIpc) is 3.39. The van der Waals surface area contributed by atoms with Gasteiger partial charge in [-0.3, -0.25) is 9.59 Å². The summed E-state index contributed by atoms with van der Waals surface area (Å²) in [6.45, 7) is 7.74. The zero-order valence-corrected chi connectivity index (χ0v) is 24.1. The highest BCUT2D eigenvalue weighted by Gasteiger charge is 2.30. The fourth-order valence-corrected chi connectivity index (χ4v) is 4.86. The smallest absolute Gasteiger partial charge is 0.255 e. The number of hydrogen-bond acceptors (Lipinski definition) is 4. The Morgan fingerprint density at radius 1 is 0.900 bits per heavy atom. The molecule has 0 unspecified atom stereocenters. The number of hydrogen-bond donors (Lipinski definition) is 0. The molecule has 0 aliphatic heterocycles. The monoisotopic (exact) mass is 541 g/mol. The zero-order chi connectivity index (χ0) is 28.7. The van der Waals surface area contributed by atoms with Gasteiger partial charge >= 0.3 is 0 Å². The van der Waals surface area contributed by atoms with E-state index in [1.807, 2.05) is 105 Å². The number of ether oxygens (including phenoxy) is 2. The van der Waals surface area contributed by atoms with Crippen molar-refractivity contribution in [3.8, 4) is 5.75 Å². The second-order valence-electron chi connectivity index (χ2n) is 10.9. The Balaban J connectivity index is 1.57. The topological polar surface area (TPSA) is 64.0 Å². The van der Waals surface area contributed by atoms with E-state index >= 15 is 0 Å². The normalized spacial score (nSPS) is 11.4. The number of methoxy groups -OCH3 is 2. The molecule has 0 saturated heterocycles. The largest absolute Gasteiger partial charge is 0.497 e. The van der Waals surface area contributed by atoms with Gasteiger partial charge in [-0.1, -0.05) is 48.5 Å². The third kappa shape index (κ3) is 6.90. The van der Waals surface area contributed by atoms with E-state index in [4.69, 9.17) is 9.47 Å². The molecule has 0 N–H and O–H groups in total. The SMILES string of the molecule is COCCN(CC(=O)N(Cc1cccn1Cc1cccc(OC)c1)C(C)(C)C)C(=O)c1cccc2ccccc12. The molecule has 2 amide bonds. The Bertz CT molecular complexity index is 1450. The molecule has 1 heterocycles. The van der Waals surface area contributed by atoms with Gasteiger partial charge in [-0.05, 0) is 67.4 Å². The first-order valence-corrected chi connectivity index (χ1v) is 13.5. The van der Waals surface area contributed by atoms with Gasteiger partial charge in [0.1, 0.15) is 12.3 Å². The lowest BCUT2D eigenvalue weighted by Gasteiger charge is -2.37. The van der Waals surface area contributed by atoms with Gasteiger partial charge in [0.05, 0.1) is 20.3 Å². The molecule has 0 fully saturated rings. The average molecular weight is 542 g/mol. The first kappa shape index (κ1) is 28.9. The van der Waals surface area contributed by atoms with Crippen molar-refractivity contribution in [3.05, 3.63) is 102 Å². The van der Waals surface area contributed by atoms with E-state index in [0.717, 1.165) is 27.8 Å². The van der Waals surface area contributed by atoms with Crippen LogP contribution >= 0.6 is 0 Å². The van der Waals surface area contributed by atoms with Gasteiger partial charge in [-0.25, -0.2) is 0 Å². The third-order valence-corrected chi connectivity index (χ3v) is 7.04. The second-order valence-corrected chi connectivity index (χ2v) is 10.9. The molecule has 3 aromatic carbocycles. The molecule has 0 atom stereocenters. The Morgan fingerprint density at radius 2 is 1.65 bits per heavy atom. The van der Waals surface area contributed by atoms with Crippen LogP contribution < -0.4 is 4.74 Å². The third-order valence-electron chi connectivity index (χ3n) is 7.04. The lowest BCUT2D eigenvalue weighted by atomic mass is 10.0. The number of aromatic nitrogens is 1. The fraction of sp³-hybridized carbons (Fsp3) is 0.333. The van der Waals surface area contributed by atoms with Gasteiger partial charge < -0.3 is 23.8 Å². The van der Waals surface area contributed by atoms with Gasteiger partial charge in [0.25, 0.3) is 5.91 Å². The summed E-state index contributed by atoms with van der Waals surface area (Å²) in [4.78, 5) is 31.1. The predicted octanol–water partition coefficient (Wildman–Crippen LogP) is 5.61. The van der Waals surface area contributed by atoms with Gasteiger partial charge in [0.15, 0.2) is 0 Å². The highest BCUT2D eigenvalue weighted by atomic mass is 16.5. The number of rotatable bonds is 11. The van der Waals surface area contributed by atoms with Crippen LogP contribution in [0.4, 0.5) is 0 Å². The minimum absolute atomic E-state index is 0.0424. The highest BCUT2D eigenvalue weighted by molar-refractivity contribution is 6.07. The van der Waals surface area contributed by atoms with Crippen molar-refractivity contribution in [2.45, 2.75) is 39.4 Å². The second kappa shape index (κ2) is 12.8. The van der Waals surface area contributed by atoms with Crippen molar-refractivity contribution in [3.63, 3.8) is 0 Å². The Kier molecular flexibility index (Phi) is 9.27. The zero-order valence-electron chi connectivity index (χ0n) is 24.1. The summed E-state index contributed by atoms with van der Waals surface area (Å²) in [7, 11) is 3.26. The maximum atomic E-state index is 13.9. The van der Waals surface area contributed by atoms with Gasteiger partial charge in [0.2, 0.25) is 5.91 Å². The van der Waals surface area contributed by atoms with Crippen LogP contribution in [0, 0.1) is 0 Å². The van der Waals surface area contributed by atoms with E-state index in [1.54, 1.807) is 19.1 Å². The van der Waals surface area contributed by atoms with Crippen molar-refractivity contribution in [2.24, 2.45) is 0 Å². The number of amides is 2. The van der Waals surface area contributed by atoms with E-state index in [-0.39, 0.29) is 18.4 Å². The molecule has 4 rings (SSSR count). The molecule has 0 radical (unpaired) electrons. The van der Waals surface area contributed by atoms with Gasteiger partial charge in [-0.2, -0.15) is 0 Å². The predicted molar refractivity (Wildman–Crippen MR) is 159 cm³/mol. The molecule has 0 bridgehead atoms. The summed E-state index contributed by atoms with van der Waals surface area (Å²) in [6, 6.07) is 25.5. The molecular weight excluding hydrogens is 502 g/mol. The molecule has 7 nitrogen and oxygen atoms in total. The maximum Gasteiger partial charge on any atom is 0.255 e. The first-order chi connectivity index (χ1) is 19.2. The molecule has 4 aromatic rings. The van der Waals surface area contributed by atoms with Crippen LogP contribution in [0.5, 0.6) is 5.75 Å². The summed E-state index contributed by atoms with van der Waals surface area (Å²) in [6.07, 6.45) is 2.02. The summed E-state index contributed by atoms with van der Waals surface area (Å²) in [5, 5.41) is 1.85. The molecule has 0 spiro atoms. The quantitative estimate of drug-likeness (QED) is 0.248. The van der Waals surface area contributed by atoms with Crippen LogP contribution in [0.25, 0.3) is 10.8 Å². The van der Waals surface area contributed by atoms with E-state index < -0.39 is 5.54 Å². The standard InChI is InChI=1S/C33H39N3O4/c1-33(2,3)36(23-27-14-10-18-34(27)22-25-11-8-15-28(21-25)40-5)31(37)24-35(19-20-39-4)32(38)30-17-9-13-26-12-6-7-16-29(26)30/h6-18,21H,19-20,22-24H2,1-5H3. The van der Waals surface area contributed by atoms with Crippen molar-refractivity contribution >= 4 is 22.6 Å². The summed E-state index contributed by atoms with van der Waals surface area (Å²) in [5.74, 6) is 0.508. The molecule has 0 aliphatic carbocycles. The maximum absolute atomic E-state index is 13.9. The summed E-state index contributed by atoms with van der Waals surface area (Å²) in [5.41, 5.74) is 2.24. The molecule has 0 saturated carbocycles. The Morgan fingerprint density at radius 3 is 2.40 bits per heavy atom. The van der Waals surface area contributed by atoms with Crippen molar-refractivity contribution in [1.29, 1.82) is 0 Å². The van der Waals surface area contributed by atoms with Crippen LogP contribution in [0.3, 0.4) is 0 Å². The Hall–Kier alpha value is -4.10. The minimum Gasteiger partial charge on any atom is -0.497 e. The number of benzene rings is 3. The number of fused-ring (bicyclic) bond motifs is 1. The van der Waals surface area contributed by atoms with Crippen LogP contribution in [0.2, 0.25) is 0 Å². The molecule has 7 heteroatoms. The van der Waals surface area contributed by atoms with E-state index in [0.29, 0.717) is 31.8 Å². The highest BCUT2D eigenvalue weighted by Crippen LogP contribution is 2.23. The van der Waals surface area contributed by atoms with Crippen molar-refractivity contribution < 1.29 is 19.1 Å². The summed E-state index contributed by atoms with van der Waals surface area (Å²) >= 11 is 0. The minimum atomic E-state index is -0.461. The van der Waals surface area contributed by atoms with Crippen LogP contribution in [0.1, 0.15) is 42.4 Å². The molecule has 0 aliphatic rings. The summed E-state index contributed by atoms with van der Waals surface area (Å²) < 4.78 is 12.8. The van der Waals surface area contributed by atoms with Crippen molar-refractivity contribution in [2.75, 3.05) is 33.9 Å². The van der Waals surface area contributed by atoms with Crippen LogP contribution in [0.15, 0.2) is 85.1 Å². The van der Waals surface area contributed by atoms with Gasteiger partial charge in [0, 0.05) is 43.2 Å². The number of nitrogens with zero attached hydrogens (tertiary/aromatic N) is 3. The van der Waals surface area contributed by atoms with E-state index in [1.165, 1.54) is 0 Å². The fourth-order valence-electron chi connectivity index (χ4n) is 4.86. The Labute approximate surface area is 236 Å². The number of carbonyl (C=O) groups excluding carboxylic acids is 2. The number of carbonyl (C=O) groups is 2. The molecule has 1 aromatic heterocycles. The van der Waals surface area contributed by atoms with Gasteiger partial charge in [-0.15, -0.1) is 0 Å². The van der Waals surface area contributed by atoms with Crippen LogP contribution in [-0.2, 0) is 22.6 Å². The van der Waals surface area contributed by atoms with Crippen molar-refractivity contribution in [1.82, 2.24) is 14.4 Å². The lowest BCUT2D eigenvalue weighted by molar-refractivity contribution is -0.137. The van der Waals surface area contributed by atoms with E-state index in [9.17, 15) is 9.59 Å². The lowest BCUT2D eigenvalue weighted by Crippen LogP contribution is -2.50. The molecule has 40 heavy (non-hydrogen) atoms. The first-order valence-electron chi connectivity index (χ1n) is 13.5. The van der Waals surface area contributed by atoms with Crippen LogP contribution in [-0.4, -0.2) is 65.6 Å².